The summed E-state index contributed by atoms with van der Waals surface area (Å²) in [5.74, 6) is 8.03. The molecule has 0 spiro atoms. The zero-order valence-corrected chi connectivity index (χ0v) is 19.0. The molecular weight excluding hydrogens is 450 g/mol. The Morgan fingerprint density at radius 1 is 1.00 bits per heavy atom. The van der Waals surface area contributed by atoms with Crippen molar-refractivity contribution in [1.82, 2.24) is 9.97 Å². The van der Waals surface area contributed by atoms with Crippen LogP contribution in [-0.2, 0) is 4.74 Å². The zero-order valence-electron chi connectivity index (χ0n) is 18.3. The summed E-state index contributed by atoms with van der Waals surface area (Å²) in [7, 11) is 0. The summed E-state index contributed by atoms with van der Waals surface area (Å²) in [4.78, 5) is 8.77. The van der Waals surface area contributed by atoms with Gasteiger partial charge in [-0.3, -0.25) is 0 Å². The number of benzene rings is 3. The molecule has 2 N–H and O–H groups in total. The topological polar surface area (TPSA) is 76.5 Å². The number of aliphatic hydroxyl groups is 1. The quantitative estimate of drug-likeness (QED) is 0.371. The molecule has 34 heavy (non-hydrogen) atoms. The van der Waals surface area contributed by atoms with Crippen molar-refractivity contribution in [2.45, 2.75) is 18.4 Å². The first-order valence-electron chi connectivity index (χ1n) is 11.0. The van der Waals surface area contributed by atoms with Gasteiger partial charge in [-0.1, -0.05) is 41.6 Å². The monoisotopic (exact) mass is 471 g/mol. The third-order valence-corrected chi connectivity index (χ3v) is 5.86. The van der Waals surface area contributed by atoms with Crippen molar-refractivity contribution in [2.75, 3.05) is 18.5 Å². The van der Waals surface area contributed by atoms with Gasteiger partial charge < -0.3 is 19.9 Å². The van der Waals surface area contributed by atoms with Crippen molar-refractivity contribution in [3.05, 3.63) is 83.6 Å². The standard InChI is InChI=1S/C27H22ClN3O3/c28-23-17-20(7-9-25(23)34-21-4-2-1-3-5-21)31-26-22-16-19(6-8-24(22)29-18-30-26)10-11-27(32)12-14-33-15-13-27/h1-9,16-18,32H,12-15H2,(H,29,30,31). The van der Waals surface area contributed by atoms with E-state index in [-0.39, 0.29) is 0 Å². The predicted octanol–water partition coefficient (Wildman–Crippen LogP) is 5.71. The van der Waals surface area contributed by atoms with Crippen LogP contribution in [-0.4, -0.2) is 33.9 Å². The molecule has 4 aromatic rings. The van der Waals surface area contributed by atoms with E-state index in [2.05, 4.69) is 27.1 Å². The Kier molecular flexibility index (Phi) is 6.33. The average Bonchev–Trinajstić information content (AvgIpc) is 2.86. The van der Waals surface area contributed by atoms with Gasteiger partial charge in [0, 0.05) is 29.5 Å². The van der Waals surface area contributed by atoms with Crippen LogP contribution in [0.25, 0.3) is 10.9 Å². The smallest absolute Gasteiger partial charge is 0.146 e. The first-order chi connectivity index (χ1) is 16.6. The second-order valence-corrected chi connectivity index (χ2v) is 8.44. The molecule has 0 atom stereocenters. The number of nitrogens with zero attached hydrogens (tertiary/aromatic N) is 2. The molecule has 170 valence electrons. The number of hydrogen-bond donors (Lipinski definition) is 2. The maximum atomic E-state index is 10.6. The molecule has 7 heteroatoms. The van der Waals surface area contributed by atoms with Crippen molar-refractivity contribution in [2.24, 2.45) is 0 Å². The fraction of sp³-hybridized carbons (Fsp3) is 0.185. The van der Waals surface area contributed by atoms with Crippen LogP contribution in [0, 0.1) is 11.8 Å². The van der Waals surface area contributed by atoms with Crippen LogP contribution in [0.1, 0.15) is 18.4 Å². The summed E-state index contributed by atoms with van der Waals surface area (Å²) >= 11 is 6.47. The number of ether oxygens (including phenoxy) is 2. The second kappa shape index (κ2) is 9.70. The van der Waals surface area contributed by atoms with Gasteiger partial charge in [0.05, 0.1) is 23.8 Å². The summed E-state index contributed by atoms with van der Waals surface area (Å²) in [6.07, 6.45) is 2.53. The lowest BCUT2D eigenvalue weighted by Gasteiger charge is -2.26. The number of anilines is 2. The lowest BCUT2D eigenvalue weighted by molar-refractivity contribution is -0.0261. The highest BCUT2D eigenvalue weighted by Crippen LogP contribution is 2.33. The number of para-hydroxylation sites is 1. The van der Waals surface area contributed by atoms with Crippen molar-refractivity contribution in [1.29, 1.82) is 0 Å². The maximum Gasteiger partial charge on any atom is 0.146 e. The Bertz CT molecular complexity index is 1380. The lowest BCUT2D eigenvalue weighted by atomic mass is 9.95. The third-order valence-electron chi connectivity index (χ3n) is 5.56. The summed E-state index contributed by atoms with van der Waals surface area (Å²) in [6.45, 7) is 1.03. The van der Waals surface area contributed by atoms with Gasteiger partial charge in [0.1, 0.15) is 29.2 Å². The first kappa shape index (κ1) is 22.2. The van der Waals surface area contributed by atoms with Gasteiger partial charge >= 0.3 is 0 Å². The summed E-state index contributed by atoms with van der Waals surface area (Å²) in [6, 6.07) is 20.7. The summed E-state index contributed by atoms with van der Waals surface area (Å²) < 4.78 is 11.2. The largest absolute Gasteiger partial charge is 0.456 e. The van der Waals surface area contributed by atoms with Gasteiger partial charge in [-0.05, 0) is 48.5 Å². The fourth-order valence-corrected chi connectivity index (χ4v) is 3.89. The van der Waals surface area contributed by atoms with E-state index in [9.17, 15) is 5.11 Å². The molecule has 0 radical (unpaired) electrons. The normalized spacial score (nSPS) is 14.8. The van der Waals surface area contributed by atoms with Crippen LogP contribution < -0.4 is 10.1 Å². The van der Waals surface area contributed by atoms with E-state index >= 15 is 0 Å². The van der Waals surface area contributed by atoms with Crippen molar-refractivity contribution in [3.63, 3.8) is 0 Å². The van der Waals surface area contributed by atoms with Crippen LogP contribution >= 0.6 is 11.6 Å². The highest BCUT2D eigenvalue weighted by molar-refractivity contribution is 6.32. The Morgan fingerprint density at radius 2 is 1.82 bits per heavy atom. The number of rotatable bonds is 4. The maximum absolute atomic E-state index is 10.6. The minimum Gasteiger partial charge on any atom is -0.456 e. The summed E-state index contributed by atoms with van der Waals surface area (Å²) in [5, 5.41) is 15.2. The first-order valence-corrected chi connectivity index (χ1v) is 11.3. The number of nitrogens with one attached hydrogen (secondary N) is 1. The highest BCUT2D eigenvalue weighted by Gasteiger charge is 2.27. The molecule has 1 aliphatic rings. The Morgan fingerprint density at radius 3 is 2.62 bits per heavy atom. The van der Waals surface area contributed by atoms with E-state index in [0.717, 1.165) is 22.2 Å². The third kappa shape index (κ3) is 5.13. The highest BCUT2D eigenvalue weighted by atomic mass is 35.5. The van der Waals surface area contributed by atoms with Crippen LogP contribution in [0.5, 0.6) is 11.5 Å². The molecule has 5 rings (SSSR count). The van der Waals surface area contributed by atoms with Gasteiger partial charge in [0.2, 0.25) is 0 Å². The molecule has 1 saturated heterocycles. The fourth-order valence-electron chi connectivity index (χ4n) is 3.67. The second-order valence-electron chi connectivity index (χ2n) is 8.03. The van der Waals surface area contributed by atoms with E-state index < -0.39 is 5.60 Å². The SMILES string of the molecule is OC1(C#Cc2ccc3ncnc(Nc4ccc(Oc5ccccc5)c(Cl)c4)c3c2)CCOCC1. The van der Waals surface area contributed by atoms with Crippen molar-refractivity contribution in [3.8, 4) is 23.3 Å². The number of hydrogen-bond acceptors (Lipinski definition) is 6. The molecule has 0 bridgehead atoms. The van der Waals surface area contributed by atoms with Gasteiger partial charge in [0.25, 0.3) is 0 Å². The molecule has 3 aromatic carbocycles. The van der Waals surface area contributed by atoms with Gasteiger partial charge in [-0.15, -0.1) is 0 Å². The Balaban J connectivity index is 1.39. The van der Waals surface area contributed by atoms with E-state index in [0.29, 0.717) is 48.4 Å². The van der Waals surface area contributed by atoms with Crippen LogP contribution in [0.3, 0.4) is 0 Å². The molecule has 0 aliphatic carbocycles. The average molecular weight is 472 g/mol. The number of halogens is 1. The van der Waals surface area contributed by atoms with E-state index in [4.69, 9.17) is 21.1 Å². The van der Waals surface area contributed by atoms with E-state index in [1.54, 1.807) is 6.07 Å². The summed E-state index contributed by atoms with van der Waals surface area (Å²) in [5.41, 5.74) is 1.30. The predicted molar refractivity (Wildman–Crippen MR) is 133 cm³/mol. The van der Waals surface area contributed by atoms with E-state index in [1.165, 1.54) is 6.33 Å². The van der Waals surface area contributed by atoms with Crippen LogP contribution in [0.15, 0.2) is 73.1 Å². The molecule has 0 unspecified atom stereocenters. The number of fused-ring (bicyclic) bond motifs is 1. The van der Waals surface area contributed by atoms with Crippen molar-refractivity contribution < 1.29 is 14.6 Å². The van der Waals surface area contributed by atoms with Gasteiger partial charge in [-0.25, -0.2) is 9.97 Å². The molecule has 1 aromatic heterocycles. The van der Waals surface area contributed by atoms with Gasteiger partial charge in [-0.2, -0.15) is 0 Å². The molecule has 1 fully saturated rings. The minimum absolute atomic E-state index is 0.475. The Labute approximate surface area is 202 Å². The zero-order chi connectivity index (χ0) is 23.4. The van der Waals surface area contributed by atoms with Crippen LogP contribution in [0.4, 0.5) is 11.5 Å². The Hall–Kier alpha value is -3.63. The van der Waals surface area contributed by atoms with E-state index in [1.807, 2.05) is 60.7 Å². The lowest BCUT2D eigenvalue weighted by Crippen LogP contribution is -2.34. The van der Waals surface area contributed by atoms with Gasteiger partial charge in [0.15, 0.2) is 0 Å². The molecular formula is C27H22ClN3O3. The molecule has 6 nitrogen and oxygen atoms in total. The van der Waals surface area contributed by atoms with Crippen LogP contribution in [0.2, 0.25) is 5.02 Å². The molecule has 0 saturated carbocycles. The molecule has 2 heterocycles. The molecule has 0 amide bonds. The van der Waals surface area contributed by atoms with Crippen molar-refractivity contribution >= 4 is 34.0 Å². The molecule has 1 aliphatic heterocycles. The minimum atomic E-state index is -1.01. The number of aromatic nitrogens is 2.